The summed E-state index contributed by atoms with van der Waals surface area (Å²) >= 11 is 0. The molecule has 1 N–H and O–H groups in total. The highest BCUT2D eigenvalue weighted by molar-refractivity contribution is 7.88. The highest BCUT2D eigenvalue weighted by Crippen LogP contribution is 2.20. The van der Waals surface area contributed by atoms with Gasteiger partial charge in [0, 0.05) is 19.0 Å². The van der Waals surface area contributed by atoms with E-state index in [1.54, 1.807) is 0 Å². The zero-order valence-corrected chi connectivity index (χ0v) is 13.7. The van der Waals surface area contributed by atoms with Gasteiger partial charge in [0.1, 0.15) is 5.52 Å². The Hall–Kier alpha value is -1.93. The van der Waals surface area contributed by atoms with Crippen LogP contribution in [0.3, 0.4) is 0 Å². The molecule has 1 aromatic carbocycles. The molecule has 0 atom stereocenters. The summed E-state index contributed by atoms with van der Waals surface area (Å²) in [5, 5.41) is 2.82. The van der Waals surface area contributed by atoms with Crippen LogP contribution in [0.25, 0.3) is 11.1 Å². The normalized spacial score (nSPS) is 17.4. The van der Waals surface area contributed by atoms with Crippen molar-refractivity contribution in [1.29, 1.82) is 0 Å². The predicted octanol–water partition coefficient (Wildman–Crippen LogP) is 1.12. The second-order valence-electron chi connectivity index (χ2n) is 5.73. The molecule has 7 nitrogen and oxygen atoms in total. The van der Waals surface area contributed by atoms with Crippen molar-refractivity contribution in [3.63, 3.8) is 0 Å². The number of carbonyl (C=O) groups excluding carboxylic acids is 1. The van der Waals surface area contributed by atoms with Gasteiger partial charge in [-0.2, -0.15) is 0 Å². The molecule has 0 bridgehead atoms. The van der Waals surface area contributed by atoms with Crippen LogP contribution in [-0.2, 0) is 21.4 Å². The molecular weight excluding hydrogens is 318 g/mol. The number of hydrogen-bond donors (Lipinski definition) is 1. The molecule has 1 aromatic heterocycles. The number of fused-ring (bicyclic) bond motifs is 1. The monoisotopic (exact) mass is 337 g/mol. The summed E-state index contributed by atoms with van der Waals surface area (Å²) in [6.07, 6.45) is 2.26. The Morgan fingerprint density at radius 2 is 2.04 bits per heavy atom. The van der Waals surface area contributed by atoms with Crippen LogP contribution in [0, 0.1) is 5.92 Å². The summed E-state index contributed by atoms with van der Waals surface area (Å²) in [7, 11) is -3.17. The molecule has 2 heterocycles. The van der Waals surface area contributed by atoms with Gasteiger partial charge in [-0.05, 0) is 25.0 Å². The van der Waals surface area contributed by atoms with Gasteiger partial charge in [-0.15, -0.1) is 0 Å². The molecule has 1 amide bonds. The minimum absolute atomic E-state index is 0.0830. The Bertz CT molecular complexity index is 774. The van der Waals surface area contributed by atoms with E-state index in [4.69, 9.17) is 4.42 Å². The Morgan fingerprint density at radius 1 is 1.35 bits per heavy atom. The van der Waals surface area contributed by atoms with Crippen molar-refractivity contribution in [1.82, 2.24) is 14.6 Å². The molecular formula is C15H19N3O4S. The maximum atomic E-state index is 12.2. The van der Waals surface area contributed by atoms with Crippen molar-refractivity contribution in [2.75, 3.05) is 19.3 Å². The van der Waals surface area contributed by atoms with Gasteiger partial charge < -0.3 is 9.73 Å². The second-order valence-corrected chi connectivity index (χ2v) is 7.71. The van der Waals surface area contributed by atoms with Crippen molar-refractivity contribution < 1.29 is 17.6 Å². The lowest BCUT2D eigenvalue weighted by Crippen LogP contribution is -2.42. The summed E-state index contributed by atoms with van der Waals surface area (Å²) in [4.78, 5) is 16.5. The van der Waals surface area contributed by atoms with Gasteiger partial charge in [0.2, 0.25) is 21.8 Å². The zero-order valence-electron chi connectivity index (χ0n) is 12.9. The molecule has 0 spiro atoms. The maximum Gasteiger partial charge on any atom is 0.223 e. The van der Waals surface area contributed by atoms with Crippen LogP contribution in [0.15, 0.2) is 28.7 Å². The lowest BCUT2D eigenvalue weighted by atomic mass is 9.97. The molecule has 1 fully saturated rings. The molecule has 124 valence electrons. The van der Waals surface area contributed by atoms with E-state index < -0.39 is 10.0 Å². The minimum atomic E-state index is -3.17. The van der Waals surface area contributed by atoms with Crippen LogP contribution in [0.4, 0.5) is 0 Å². The number of nitrogens with one attached hydrogen (secondary N) is 1. The Labute approximate surface area is 134 Å². The number of nitrogens with zero attached hydrogens (tertiary/aromatic N) is 2. The highest BCUT2D eigenvalue weighted by atomic mass is 32.2. The lowest BCUT2D eigenvalue weighted by molar-refractivity contribution is -0.126. The van der Waals surface area contributed by atoms with Gasteiger partial charge in [-0.1, -0.05) is 12.1 Å². The fraction of sp³-hybridized carbons (Fsp3) is 0.467. The Balaban J connectivity index is 1.54. The average Bonchev–Trinajstić information content (AvgIpc) is 2.95. The van der Waals surface area contributed by atoms with E-state index in [1.165, 1.54) is 10.6 Å². The van der Waals surface area contributed by atoms with Crippen molar-refractivity contribution in [3.8, 4) is 0 Å². The number of aromatic nitrogens is 1. The number of oxazole rings is 1. The first-order chi connectivity index (χ1) is 10.9. The van der Waals surface area contributed by atoms with E-state index in [2.05, 4.69) is 10.3 Å². The third-order valence-corrected chi connectivity index (χ3v) is 5.35. The molecule has 0 radical (unpaired) electrons. The quantitative estimate of drug-likeness (QED) is 0.902. The summed E-state index contributed by atoms with van der Waals surface area (Å²) in [5.74, 6) is 0.214. The molecule has 3 rings (SSSR count). The standard InChI is InChI=1S/C15H19N3O4S/c1-23(20,21)18-8-6-11(7-9-18)15(19)16-10-14-17-12-4-2-3-5-13(12)22-14/h2-5,11H,6-10H2,1H3,(H,16,19). The van der Waals surface area contributed by atoms with Crippen molar-refractivity contribution in [3.05, 3.63) is 30.2 Å². The predicted molar refractivity (Wildman–Crippen MR) is 85.0 cm³/mol. The van der Waals surface area contributed by atoms with E-state index in [0.29, 0.717) is 37.4 Å². The van der Waals surface area contributed by atoms with E-state index in [1.807, 2.05) is 24.3 Å². The van der Waals surface area contributed by atoms with Crippen molar-refractivity contribution in [2.24, 2.45) is 5.92 Å². The van der Waals surface area contributed by atoms with Gasteiger partial charge in [-0.25, -0.2) is 17.7 Å². The number of amides is 1. The number of rotatable bonds is 4. The molecule has 1 aliphatic rings. The van der Waals surface area contributed by atoms with E-state index >= 15 is 0 Å². The molecule has 23 heavy (non-hydrogen) atoms. The minimum Gasteiger partial charge on any atom is -0.439 e. The largest absolute Gasteiger partial charge is 0.439 e. The summed E-state index contributed by atoms with van der Waals surface area (Å²) < 4.78 is 29.9. The number of carbonyl (C=O) groups is 1. The van der Waals surface area contributed by atoms with E-state index in [-0.39, 0.29) is 18.4 Å². The lowest BCUT2D eigenvalue weighted by Gasteiger charge is -2.29. The number of para-hydroxylation sites is 2. The summed E-state index contributed by atoms with van der Waals surface area (Å²) in [6, 6.07) is 7.42. The third-order valence-electron chi connectivity index (χ3n) is 4.05. The van der Waals surface area contributed by atoms with Crippen molar-refractivity contribution in [2.45, 2.75) is 19.4 Å². The number of sulfonamides is 1. The van der Waals surface area contributed by atoms with Gasteiger partial charge >= 0.3 is 0 Å². The van der Waals surface area contributed by atoms with Crippen LogP contribution in [0.5, 0.6) is 0 Å². The number of hydrogen-bond acceptors (Lipinski definition) is 5. The van der Waals surface area contributed by atoms with E-state index in [0.717, 1.165) is 5.52 Å². The van der Waals surface area contributed by atoms with E-state index in [9.17, 15) is 13.2 Å². The van der Waals surface area contributed by atoms with Crippen LogP contribution in [0.2, 0.25) is 0 Å². The van der Waals surface area contributed by atoms with Crippen molar-refractivity contribution >= 4 is 27.0 Å². The van der Waals surface area contributed by atoms with Crippen LogP contribution in [-0.4, -0.2) is 43.0 Å². The molecule has 1 aliphatic heterocycles. The van der Waals surface area contributed by atoms with Gasteiger partial charge in [-0.3, -0.25) is 4.79 Å². The molecule has 2 aromatic rings. The topological polar surface area (TPSA) is 92.5 Å². The number of benzene rings is 1. The first-order valence-electron chi connectivity index (χ1n) is 7.51. The molecule has 8 heteroatoms. The van der Waals surface area contributed by atoms with Crippen LogP contribution in [0.1, 0.15) is 18.7 Å². The maximum absolute atomic E-state index is 12.2. The molecule has 0 aliphatic carbocycles. The zero-order chi connectivity index (χ0) is 16.4. The third kappa shape index (κ3) is 3.70. The van der Waals surface area contributed by atoms with Gasteiger partial charge in [0.15, 0.2) is 5.58 Å². The number of piperidine rings is 1. The molecule has 0 unspecified atom stereocenters. The van der Waals surface area contributed by atoms with Gasteiger partial charge in [0.05, 0.1) is 12.8 Å². The fourth-order valence-electron chi connectivity index (χ4n) is 2.75. The molecule has 0 saturated carbocycles. The summed E-state index contributed by atoms with van der Waals surface area (Å²) in [6.45, 7) is 1.01. The van der Waals surface area contributed by atoms with Crippen LogP contribution < -0.4 is 5.32 Å². The first-order valence-corrected chi connectivity index (χ1v) is 9.35. The Morgan fingerprint density at radius 3 is 2.70 bits per heavy atom. The smallest absolute Gasteiger partial charge is 0.223 e. The van der Waals surface area contributed by atoms with Crippen LogP contribution >= 0.6 is 0 Å². The first kappa shape index (κ1) is 15.9. The fourth-order valence-corrected chi connectivity index (χ4v) is 3.63. The second kappa shape index (κ2) is 6.29. The molecule has 1 saturated heterocycles. The SMILES string of the molecule is CS(=O)(=O)N1CCC(C(=O)NCc2nc3ccccc3o2)CC1. The highest BCUT2D eigenvalue weighted by Gasteiger charge is 2.28. The average molecular weight is 337 g/mol. The summed E-state index contributed by atoms with van der Waals surface area (Å²) in [5.41, 5.74) is 1.46. The Kier molecular flexibility index (Phi) is 4.36. The van der Waals surface area contributed by atoms with Gasteiger partial charge in [0.25, 0.3) is 0 Å².